The first-order valence-electron chi connectivity index (χ1n) is 7.06. The van der Waals surface area contributed by atoms with Gasteiger partial charge in [0.15, 0.2) is 5.82 Å². The van der Waals surface area contributed by atoms with Crippen molar-refractivity contribution >= 4 is 11.8 Å². The van der Waals surface area contributed by atoms with Gasteiger partial charge in [0, 0.05) is 44.5 Å². The van der Waals surface area contributed by atoms with Gasteiger partial charge in [0.1, 0.15) is 12.1 Å². The van der Waals surface area contributed by atoms with Crippen LogP contribution in [0.1, 0.15) is 17.8 Å². The number of urea groups is 1. The zero-order chi connectivity index (χ0) is 14.8. The number of hydrogen-bond donors (Lipinski definition) is 1. The Morgan fingerprint density at radius 2 is 2.48 bits per heavy atom. The number of imidazole rings is 1. The Hall–Kier alpha value is -2.31. The average Bonchev–Trinajstić information content (AvgIpc) is 3.07. The van der Waals surface area contributed by atoms with Gasteiger partial charge in [0.25, 0.3) is 0 Å². The first-order chi connectivity index (χ1) is 10.1. The molecule has 0 fully saturated rings. The second-order valence-corrected chi connectivity index (χ2v) is 5.55. The number of anilines is 1. The first kappa shape index (κ1) is 13.7. The molecule has 3 heterocycles. The summed E-state index contributed by atoms with van der Waals surface area (Å²) in [7, 11) is 1.80. The Morgan fingerprint density at radius 1 is 1.62 bits per heavy atom. The predicted octanol–water partition coefficient (Wildman–Crippen LogP) is 1.91. The Kier molecular flexibility index (Phi) is 3.64. The molecule has 2 amide bonds. The molecular formula is C14H19N5O2. The van der Waals surface area contributed by atoms with Gasteiger partial charge in [-0.15, -0.1) is 0 Å². The fourth-order valence-electron chi connectivity index (χ4n) is 2.65. The van der Waals surface area contributed by atoms with Crippen molar-refractivity contribution in [2.75, 3.05) is 18.9 Å². The molecule has 0 spiro atoms. The number of aryl methyl sites for hydroxylation is 2. The van der Waals surface area contributed by atoms with Gasteiger partial charge in [-0.25, -0.2) is 9.78 Å². The van der Waals surface area contributed by atoms with Gasteiger partial charge in [0.05, 0.1) is 0 Å². The zero-order valence-corrected chi connectivity index (χ0v) is 12.2. The van der Waals surface area contributed by atoms with E-state index in [1.807, 2.05) is 19.3 Å². The summed E-state index contributed by atoms with van der Waals surface area (Å²) in [4.78, 5) is 18.2. The maximum absolute atomic E-state index is 12.1. The summed E-state index contributed by atoms with van der Waals surface area (Å²) in [5, 5.41) is 6.52. The lowest BCUT2D eigenvalue weighted by molar-refractivity contribution is 0.207. The lowest BCUT2D eigenvalue weighted by atomic mass is 9.97. The van der Waals surface area contributed by atoms with Crippen molar-refractivity contribution in [1.29, 1.82) is 0 Å². The summed E-state index contributed by atoms with van der Waals surface area (Å²) >= 11 is 0. The van der Waals surface area contributed by atoms with Crippen LogP contribution in [0.15, 0.2) is 23.2 Å². The molecule has 0 bridgehead atoms. The Labute approximate surface area is 122 Å². The largest absolute Gasteiger partial charge is 0.362 e. The van der Waals surface area contributed by atoms with Crippen LogP contribution in [0.25, 0.3) is 0 Å². The SMILES string of the molecule is Cc1conc1NC(=O)N(C)CC1CCn2ccnc2C1. The van der Waals surface area contributed by atoms with E-state index in [0.29, 0.717) is 18.3 Å². The Balaban J connectivity index is 1.56. The van der Waals surface area contributed by atoms with Crippen LogP contribution in [0.3, 0.4) is 0 Å². The van der Waals surface area contributed by atoms with E-state index in [1.54, 1.807) is 11.9 Å². The minimum atomic E-state index is -0.166. The van der Waals surface area contributed by atoms with Crippen molar-refractivity contribution < 1.29 is 9.32 Å². The fraction of sp³-hybridized carbons (Fsp3) is 0.500. The number of carbonyl (C=O) groups excluding carboxylic acids is 1. The molecule has 0 saturated carbocycles. The molecule has 1 N–H and O–H groups in total. The molecule has 1 unspecified atom stereocenters. The molecule has 1 aliphatic heterocycles. The van der Waals surface area contributed by atoms with Crippen molar-refractivity contribution in [3.63, 3.8) is 0 Å². The van der Waals surface area contributed by atoms with Gasteiger partial charge >= 0.3 is 6.03 Å². The molecule has 1 atom stereocenters. The van der Waals surface area contributed by atoms with Crippen LogP contribution in [-0.2, 0) is 13.0 Å². The first-order valence-corrected chi connectivity index (χ1v) is 7.06. The molecule has 0 aromatic carbocycles. The molecule has 3 rings (SSSR count). The van der Waals surface area contributed by atoms with E-state index in [0.717, 1.165) is 30.8 Å². The van der Waals surface area contributed by atoms with E-state index in [-0.39, 0.29) is 6.03 Å². The van der Waals surface area contributed by atoms with E-state index < -0.39 is 0 Å². The number of aromatic nitrogens is 3. The van der Waals surface area contributed by atoms with Crippen molar-refractivity contribution in [2.45, 2.75) is 26.3 Å². The van der Waals surface area contributed by atoms with Crippen molar-refractivity contribution in [1.82, 2.24) is 19.6 Å². The van der Waals surface area contributed by atoms with E-state index in [4.69, 9.17) is 4.52 Å². The van der Waals surface area contributed by atoms with Gasteiger partial charge in [-0.3, -0.25) is 5.32 Å². The number of fused-ring (bicyclic) bond motifs is 1. The van der Waals surface area contributed by atoms with Crippen LogP contribution in [0, 0.1) is 12.8 Å². The predicted molar refractivity (Wildman–Crippen MR) is 76.9 cm³/mol. The highest BCUT2D eigenvalue weighted by Crippen LogP contribution is 2.20. The molecule has 21 heavy (non-hydrogen) atoms. The molecule has 7 nitrogen and oxygen atoms in total. The second-order valence-electron chi connectivity index (χ2n) is 5.55. The molecule has 7 heteroatoms. The van der Waals surface area contributed by atoms with Gasteiger partial charge < -0.3 is 14.0 Å². The summed E-state index contributed by atoms with van der Waals surface area (Å²) in [6.07, 6.45) is 7.32. The monoisotopic (exact) mass is 289 g/mol. The third-order valence-electron chi connectivity index (χ3n) is 3.90. The highest BCUT2D eigenvalue weighted by Gasteiger charge is 2.22. The minimum Gasteiger partial charge on any atom is -0.362 e. The van der Waals surface area contributed by atoms with Crippen LogP contribution in [-0.4, -0.2) is 39.2 Å². The number of carbonyl (C=O) groups is 1. The van der Waals surface area contributed by atoms with Gasteiger partial charge in [-0.05, 0) is 19.3 Å². The van der Waals surface area contributed by atoms with Crippen LogP contribution in [0.4, 0.5) is 10.6 Å². The topological polar surface area (TPSA) is 76.2 Å². The highest BCUT2D eigenvalue weighted by atomic mass is 16.5. The smallest absolute Gasteiger partial charge is 0.322 e. The van der Waals surface area contributed by atoms with Crippen LogP contribution < -0.4 is 5.32 Å². The van der Waals surface area contributed by atoms with Crippen LogP contribution >= 0.6 is 0 Å². The maximum Gasteiger partial charge on any atom is 0.322 e. The number of hydrogen-bond acceptors (Lipinski definition) is 4. The maximum atomic E-state index is 12.1. The summed E-state index contributed by atoms with van der Waals surface area (Å²) < 4.78 is 6.99. The van der Waals surface area contributed by atoms with E-state index in [2.05, 4.69) is 20.0 Å². The molecule has 2 aromatic rings. The molecule has 2 aromatic heterocycles. The van der Waals surface area contributed by atoms with Crippen molar-refractivity contribution in [3.8, 4) is 0 Å². The second kappa shape index (κ2) is 5.59. The number of nitrogens with zero attached hydrogens (tertiary/aromatic N) is 4. The molecular weight excluding hydrogens is 270 g/mol. The lowest BCUT2D eigenvalue weighted by Crippen LogP contribution is -2.37. The Morgan fingerprint density at radius 3 is 3.24 bits per heavy atom. The van der Waals surface area contributed by atoms with E-state index >= 15 is 0 Å². The van der Waals surface area contributed by atoms with Gasteiger partial charge in [0.2, 0.25) is 0 Å². The third kappa shape index (κ3) is 2.91. The minimum absolute atomic E-state index is 0.166. The average molecular weight is 289 g/mol. The standard InChI is InChI=1S/C14H19N5O2/c1-10-9-21-17-13(10)16-14(20)18(2)8-11-3-5-19-6-4-15-12(19)7-11/h4,6,9,11H,3,5,7-8H2,1-2H3,(H,16,17,20). The van der Waals surface area contributed by atoms with Gasteiger partial charge in [-0.2, -0.15) is 0 Å². The summed E-state index contributed by atoms with van der Waals surface area (Å²) in [5.74, 6) is 2.02. The summed E-state index contributed by atoms with van der Waals surface area (Å²) in [6, 6.07) is -0.166. The third-order valence-corrected chi connectivity index (χ3v) is 3.90. The van der Waals surface area contributed by atoms with Gasteiger partial charge in [-0.1, -0.05) is 5.16 Å². The number of rotatable bonds is 3. The molecule has 0 radical (unpaired) electrons. The van der Waals surface area contributed by atoms with Crippen molar-refractivity contribution in [2.24, 2.45) is 5.92 Å². The molecule has 0 aliphatic carbocycles. The summed E-state index contributed by atoms with van der Waals surface area (Å²) in [6.45, 7) is 3.51. The summed E-state index contributed by atoms with van der Waals surface area (Å²) in [5.41, 5.74) is 0.816. The number of nitrogens with one attached hydrogen (secondary N) is 1. The van der Waals surface area contributed by atoms with Crippen LogP contribution in [0.2, 0.25) is 0 Å². The van der Waals surface area contributed by atoms with E-state index in [1.165, 1.54) is 6.26 Å². The molecule has 1 aliphatic rings. The van der Waals surface area contributed by atoms with Crippen LogP contribution in [0.5, 0.6) is 0 Å². The molecule has 112 valence electrons. The zero-order valence-electron chi connectivity index (χ0n) is 12.2. The number of amides is 2. The highest BCUT2D eigenvalue weighted by molar-refractivity contribution is 5.88. The normalized spacial score (nSPS) is 17.3. The molecule has 0 saturated heterocycles. The van der Waals surface area contributed by atoms with E-state index in [9.17, 15) is 4.79 Å². The quantitative estimate of drug-likeness (QED) is 0.936. The fourth-order valence-corrected chi connectivity index (χ4v) is 2.65. The lowest BCUT2D eigenvalue weighted by Gasteiger charge is -2.27. The van der Waals surface area contributed by atoms with Crippen molar-refractivity contribution in [3.05, 3.63) is 30.0 Å². The Bertz CT molecular complexity index is 633.